The Labute approximate surface area is 126 Å². The van der Waals surface area contributed by atoms with Gasteiger partial charge in [-0.05, 0) is 24.1 Å². The van der Waals surface area contributed by atoms with Crippen molar-refractivity contribution < 1.29 is 4.79 Å². The van der Waals surface area contributed by atoms with Gasteiger partial charge in [0, 0.05) is 12.0 Å². The molecule has 0 unspecified atom stereocenters. The molecule has 0 bridgehead atoms. The van der Waals surface area contributed by atoms with E-state index in [0.29, 0.717) is 6.42 Å². The lowest BCUT2D eigenvalue weighted by atomic mass is 10.0. The number of unbranched alkanes of at least 4 members (excludes halogenated alkanes) is 2. The van der Waals surface area contributed by atoms with Gasteiger partial charge in [0.1, 0.15) is 0 Å². The van der Waals surface area contributed by atoms with E-state index < -0.39 is 0 Å². The topological polar surface area (TPSA) is 41.5 Å². The minimum Gasteiger partial charge on any atom is -0.273 e. The summed E-state index contributed by atoms with van der Waals surface area (Å²) in [6, 6.07) is 14.3. The van der Waals surface area contributed by atoms with E-state index in [0.717, 1.165) is 35.9 Å². The first-order chi connectivity index (χ1) is 10.2. The molecule has 110 valence electrons. The van der Waals surface area contributed by atoms with E-state index in [1.54, 1.807) is 0 Å². The average Bonchev–Trinajstić information content (AvgIpc) is 2.52. The Morgan fingerprint density at radius 1 is 1.10 bits per heavy atom. The smallest absolute Gasteiger partial charge is 0.240 e. The lowest BCUT2D eigenvalue weighted by molar-refractivity contribution is -0.121. The molecule has 0 fully saturated rings. The number of nitrogens with zero attached hydrogens (tertiary/aromatic N) is 1. The normalized spacial score (nSPS) is 11.6. The van der Waals surface area contributed by atoms with Crippen molar-refractivity contribution in [3.05, 3.63) is 48.0 Å². The summed E-state index contributed by atoms with van der Waals surface area (Å²) in [6.45, 7) is 4.05. The number of amides is 1. The molecule has 0 radical (unpaired) electrons. The van der Waals surface area contributed by atoms with Crippen LogP contribution in [0.4, 0.5) is 0 Å². The first-order valence-corrected chi connectivity index (χ1v) is 7.53. The molecule has 0 saturated heterocycles. The van der Waals surface area contributed by atoms with E-state index in [1.807, 2.05) is 31.2 Å². The van der Waals surface area contributed by atoms with Gasteiger partial charge in [0.25, 0.3) is 0 Å². The van der Waals surface area contributed by atoms with Crippen LogP contribution in [0.1, 0.15) is 45.1 Å². The average molecular weight is 282 g/mol. The van der Waals surface area contributed by atoms with Crippen LogP contribution >= 0.6 is 0 Å². The highest BCUT2D eigenvalue weighted by atomic mass is 16.2. The maximum atomic E-state index is 11.7. The number of nitrogens with one attached hydrogen (secondary N) is 1. The molecule has 0 heterocycles. The second-order valence-electron chi connectivity index (χ2n) is 5.22. The fourth-order valence-electron chi connectivity index (χ4n) is 2.34. The molecule has 2 aromatic carbocycles. The minimum atomic E-state index is -0.0111. The molecular weight excluding hydrogens is 260 g/mol. The highest BCUT2D eigenvalue weighted by Gasteiger charge is 2.04. The van der Waals surface area contributed by atoms with E-state index in [4.69, 9.17) is 0 Å². The molecule has 3 nitrogen and oxygen atoms in total. The van der Waals surface area contributed by atoms with E-state index >= 15 is 0 Å². The van der Waals surface area contributed by atoms with Crippen LogP contribution in [0.25, 0.3) is 10.8 Å². The van der Waals surface area contributed by atoms with Crippen molar-refractivity contribution in [2.45, 2.75) is 39.5 Å². The van der Waals surface area contributed by atoms with Crippen molar-refractivity contribution in [1.29, 1.82) is 0 Å². The number of hydrogen-bond acceptors (Lipinski definition) is 2. The third-order valence-electron chi connectivity index (χ3n) is 3.54. The van der Waals surface area contributed by atoms with Gasteiger partial charge in [-0.15, -0.1) is 0 Å². The molecule has 0 saturated carbocycles. The van der Waals surface area contributed by atoms with E-state index in [2.05, 4.69) is 35.7 Å². The fraction of sp³-hybridized carbons (Fsp3) is 0.333. The Kier molecular flexibility index (Phi) is 5.50. The molecular formula is C18H22N2O. The number of hydrogen-bond donors (Lipinski definition) is 1. The van der Waals surface area contributed by atoms with Crippen LogP contribution in [0.3, 0.4) is 0 Å². The molecule has 21 heavy (non-hydrogen) atoms. The summed E-state index contributed by atoms with van der Waals surface area (Å²) in [5, 5.41) is 6.57. The van der Waals surface area contributed by atoms with Crippen molar-refractivity contribution in [1.82, 2.24) is 5.43 Å². The zero-order chi connectivity index (χ0) is 15.1. The molecule has 0 aliphatic carbocycles. The quantitative estimate of drug-likeness (QED) is 0.480. The SMILES string of the molecule is CCCCCC(=O)N/N=C(/C)c1cccc2ccccc12. The number of rotatable bonds is 6. The van der Waals surface area contributed by atoms with Gasteiger partial charge in [-0.2, -0.15) is 5.10 Å². The van der Waals surface area contributed by atoms with Gasteiger partial charge in [-0.3, -0.25) is 4.79 Å². The van der Waals surface area contributed by atoms with E-state index in [-0.39, 0.29) is 5.91 Å². The molecule has 1 amide bonds. The lowest BCUT2D eigenvalue weighted by Gasteiger charge is -2.06. The molecule has 0 atom stereocenters. The Morgan fingerprint density at radius 3 is 2.67 bits per heavy atom. The maximum Gasteiger partial charge on any atom is 0.240 e. The van der Waals surface area contributed by atoms with Gasteiger partial charge < -0.3 is 0 Å². The molecule has 0 aromatic heterocycles. The summed E-state index contributed by atoms with van der Waals surface area (Å²) in [4.78, 5) is 11.7. The second-order valence-corrected chi connectivity index (χ2v) is 5.22. The minimum absolute atomic E-state index is 0.0111. The zero-order valence-corrected chi connectivity index (χ0v) is 12.7. The Balaban J connectivity index is 2.09. The third-order valence-corrected chi connectivity index (χ3v) is 3.54. The summed E-state index contributed by atoms with van der Waals surface area (Å²) in [5.41, 5.74) is 4.54. The van der Waals surface area contributed by atoms with Crippen LogP contribution in [0.2, 0.25) is 0 Å². The standard InChI is InChI=1S/C18H22N2O/c1-3-4-5-13-18(21)20-19-14(2)16-12-8-10-15-9-6-7-11-17(15)16/h6-12H,3-5,13H2,1-2H3,(H,20,21)/b19-14-. The predicted molar refractivity (Wildman–Crippen MR) is 88.4 cm³/mol. The first kappa shape index (κ1) is 15.2. The van der Waals surface area contributed by atoms with Gasteiger partial charge in [0.05, 0.1) is 5.71 Å². The third kappa shape index (κ3) is 4.15. The molecule has 3 heteroatoms. The summed E-state index contributed by atoms with van der Waals surface area (Å²) in [7, 11) is 0. The molecule has 0 aliphatic rings. The number of hydrazone groups is 1. The summed E-state index contributed by atoms with van der Waals surface area (Å²) < 4.78 is 0. The summed E-state index contributed by atoms with van der Waals surface area (Å²) in [5.74, 6) is -0.0111. The summed E-state index contributed by atoms with van der Waals surface area (Å²) >= 11 is 0. The number of fused-ring (bicyclic) bond motifs is 1. The van der Waals surface area contributed by atoms with Gasteiger partial charge >= 0.3 is 0 Å². The molecule has 0 spiro atoms. The number of benzene rings is 2. The van der Waals surface area contributed by atoms with Crippen molar-refractivity contribution in [2.24, 2.45) is 5.10 Å². The van der Waals surface area contributed by atoms with Crippen LogP contribution in [-0.4, -0.2) is 11.6 Å². The predicted octanol–water partition coefficient (Wildman–Crippen LogP) is 4.26. The van der Waals surface area contributed by atoms with Crippen molar-refractivity contribution in [2.75, 3.05) is 0 Å². The Morgan fingerprint density at radius 2 is 1.86 bits per heavy atom. The monoisotopic (exact) mass is 282 g/mol. The molecule has 0 aliphatic heterocycles. The number of carbonyl (C=O) groups is 1. The molecule has 2 rings (SSSR count). The van der Waals surface area contributed by atoms with Crippen molar-refractivity contribution >= 4 is 22.4 Å². The van der Waals surface area contributed by atoms with Crippen molar-refractivity contribution in [3.8, 4) is 0 Å². The zero-order valence-electron chi connectivity index (χ0n) is 12.7. The highest BCUT2D eigenvalue weighted by Crippen LogP contribution is 2.19. The van der Waals surface area contributed by atoms with Gasteiger partial charge in [-0.1, -0.05) is 62.2 Å². The van der Waals surface area contributed by atoms with Gasteiger partial charge in [-0.25, -0.2) is 5.43 Å². The Hall–Kier alpha value is -2.16. The Bertz CT molecular complexity index is 641. The van der Waals surface area contributed by atoms with Crippen LogP contribution in [0.15, 0.2) is 47.6 Å². The van der Waals surface area contributed by atoms with Crippen molar-refractivity contribution in [3.63, 3.8) is 0 Å². The largest absolute Gasteiger partial charge is 0.273 e. The van der Waals surface area contributed by atoms with Crippen LogP contribution in [0.5, 0.6) is 0 Å². The first-order valence-electron chi connectivity index (χ1n) is 7.53. The fourth-order valence-corrected chi connectivity index (χ4v) is 2.34. The second kappa shape index (κ2) is 7.58. The number of carbonyl (C=O) groups excluding carboxylic acids is 1. The van der Waals surface area contributed by atoms with Crippen LogP contribution < -0.4 is 5.43 Å². The lowest BCUT2D eigenvalue weighted by Crippen LogP contribution is -2.18. The van der Waals surface area contributed by atoms with E-state index in [9.17, 15) is 4.79 Å². The van der Waals surface area contributed by atoms with Crippen LogP contribution in [0, 0.1) is 0 Å². The van der Waals surface area contributed by atoms with Gasteiger partial charge in [0.15, 0.2) is 0 Å². The summed E-state index contributed by atoms with van der Waals surface area (Å²) in [6.07, 6.45) is 3.66. The molecule has 1 N–H and O–H groups in total. The molecule has 2 aromatic rings. The van der Waals surface area contributed by atoms with Gasteiger partial charge in [0.2, 0.25) is 5.91 Å². The van der Waals surface area contributed by atoms with E-state index in [1.165, 1.54) is 5.39 Å². The highest BCUT2D eigenvalue weighted by molar-refractivity contribution is 6.09. The maximum absolute atomic E-state index is 11.7. The van der Waals surface area contributed by atoms with Crippen LogP contribution in [-0.2, 0) is 4.79 Å².